The molecule has 0 aliphatic rings. The minimum Gasteiger partial charge on any atom is -0.387 e. The van der Waals surface area contributed by atoms with Crippen molar-refractivity contribution in [3.63, 3.8) is 0 Å². The van der Waals surface area contributed by atoms with Gasteiger partial charge in [0.15, 0.2) is 0 Å². The number of aliphatic hydroxyl groups is 1. The first-order valence-corrected chi connectivity index (χ1v) is 6.30. The van der Waals surface area contributed by atoms with Crippen molar-refractivity contribution in [3.8, 4) is 0 Å². The van der Waals surface area contributed by atoms with Crippen molar-refractivity contribution in [1.29, 1.82) is 0 Å². The fraction of sp³-hybridized carbons (Fsp3) is 0.250. The summed E-state index contributed by atoms with van der Waals surface area (Å²) >= 11 is 7.08. The van der Waals surface area contributed by atoms with E-state index in [0.717, 1.165) is 9.88 Å². The highest BCUT2D eigenvalue weighted by Gasteiger charge is 2.14. The van der Waals surface area contributed by atoms with Gasteiger partial charge in [-0.15, -0.1) is 11.3 Å². The Morgan fingerprint density at radius 3 is 2.88 bits per heavy atom. The number of hydrogen-bond acceptors (Lipinski definition) is 3. The van der Waals surface area contributed by atoms with E-state index in [1.165, 1.54) is 17.4 Å². The molecule has 0 aliphatic carbocycles. The molecule has 0 fully saturated rings. The Morgan fingerprint density at radius 1 is 1.53 bits per heavy atom. The summed E-state index contributed by atoms with van der Waals surface area (Å²) in [6, 6.07) is 4.46. The van der Waals surface area contributed by atoms with Gasteiger partial charge in [-0.3, -0.25) is 0 Å². The van der Waals surface area contributed by atoms with Crippen molar-refractivity contribution < 1.29 is 9.50 Å². The molecule has 0 saturated carbocycles. The molecule has 0 radical (unpaired) electrons. The van der Waals surface area contributed by atoms with Gasteiger partial charge in [0.1, 0.15) is 5.82 Å². The van der Waals surface area contributed by atoms with Gasteiger partial charge < -0.3 is 5.11 Å². The summed E-state index contributed by atoms with van der Waals surface area (Å²) in [5.74, 6) is -0.391. The number of halogens is 2. The summed E-state index contributed by atoms with van der Waals surface area (Å²) in [4.78, 5) is 4.81. The third-order valence-corrected chi connectivity index (χ3v) is 3.65. The van der Waals surface area contributed by atoms with E-state index in [2.05, 4.69) is 4.98 Å². The zero-order valence-electron chi connectivity index (χ0n) is 9.15. The van der Waals surface area contributed by atoms with Crippen molar-refractivity contribution >= 4 is 22.9 Å². The van der Waals surface area contributed by atoms with Crippen molar-refractivity contribution in [2.45, 2.75) is 19.4 Å². The molecule has 90 valence electrons. The first-order chi connectivity index (χ1) is 8.06. The maximum absolute atomic E-state index is 13.5. The number of aryl methyl sites for hydroxylation is 1. The molecular weight excluding hydrogens is 261 g/mol. The van der Waals surface area contributed by atoms with Gasteiger partial charge in [-0.25, -0.2) is 9.37 Å². The number of thiazole rings is 1. The van der Waals surface area contributed by atoms with Crippen LogP contribution < -0.4 is 0 Å². The number of aromatic nitrogens is 1. The topological polar surface area (TPSA) is 33.1 Å². The lowest BCUT2D eigenvalue weighted by Gasteiger charge is -2.09. The second-order valence-electron chi connectivity index (χ2n) is 3.74. The lowest BCUT2D eigenvalue weighted by atomic mass is 10.1. The first kappa shape index (κ1) is 12.5. The molecule has 1 unspecified atom stereocenters. The maximum atomic E-state index is 13.5. The normalized spacial score (nSPS) is 12.7. The Morgan fingerprint density at radius 2 is 2.29 bits per heavy atom. The van der Waals surface area contributed by atoms with Crippen LogP contribution in [0.4, 0.5) is 4.39 Å². The predicted molar refractivity (Wildman–Crippen MR) is 66.9 cm³/mol. The molecule has 0 aliphatic heterocycles. The SMILES string of the molecule is Cc1ncc(C(O)Cc2ccc(Cl)cc2F)s1. The second-order valence-corrected chi connectivity index (χ2v) is 5.44. The monoisotopic (exact) mass is 271 g/mol. The third-order valence-electron chi connectivity index (χ3n) is 2.40. The van der Waals surface area contributed by atoms with Crippen LogP contribution in [-0.2, 0) is 6.42 Å². The van der Waals surface area contributed by atoms with Gasteiger partial charge in [-0.2, -0.15) is 0 Å². The molecule has 1 N–H and O–H groups in total. The molecule has 0 bridgehead atoms. The average molecular weight is 272 g/mol. The highest BCUT2D eigenvalue weighted by Crippen LogP contribution is 2.25. The van der Waals surface area contributed by atoms with Crippen LogP contribution in [0.2, 0.25) is 5.02 Å². The van der Waals surface area contributed by atoms with E-state index in [1.54, 1.807) is 18.3 Å². The molecule has 0 amide bonds. The number of hydrogen-bond donors (Lipinski definition) is 1. The molecule has 5 heteroatoms. The number of aliphatic hydroxyl groups excluding tert-OH is 1. The standard InChI is InChI=1S/C12H11ClFNOS/c1-7-15-6-12(17-7)11(16)4-8-2-3-9(13)5-10(8)14/h2-3,5-6,11,16H,4H2,1H3. The van der Waals surface area contributed by atoms with Crippen LogP contribution in [0.3, 0.4) is 0 Å². The van der Waals surface area contributed by atoms with Crippen LogP contribution >= 0.6 is 22.9 Å². The Bertz CT molecular complexity index is 529. The molecule has 0 spiro atoms. The Balaban J connectivity index is 2.15. The molecule has 2 rings (SSSR count). The maximum Gasteiger partial charge on any atom is 0.127 e. The van der Waals surface area contributed by atoms with Crippen LogP contribution in [0, 0.1) is 12.7 Å². The summed E-state index contributed by atoms with van der Waals surface area (Å²) in [7, 11) is 0. The fourth-order valence-electron chi connectivity index (χ4n) is 1.53. The molecule has 0 saturated heterocycles. The summed E-state index contributed by atoms with van der Waals surface area (Å²) in [6.45, 7) is 1.86. The zero-order valence-corrected chi connectivity index (χ0v) is 10.7. The van der Waals surface area contributed by atoms with Crippen LogP contribution in [-0.4, -0.2) is 10.1 Å². The number of rotatable bonds is 3. The zero-order chi connectivity index (χ0) is 12.4. The van der Waals surface area contributed by atoms with Gasteiger partial charge in [-0.1, -0.05) is 17.7 Å². The molecule has 1 heterocycles. The smallest absolute Gasteiger partial charge is 0.127 e. The van der Waals surface area contributed by atoms with Crippen molar-refractivity contribution in [3.05, 3.63) is 50.7 Å². The molecule has 1 aromatic carbocycles. The number of nitrogens with zero attached hydrogens (tertiary/aromatic N) is 1. The van der Waals surface area contributed by atoms with E-state index in [9.17, 15) is 9.50 Å². The average Bonchev–Trinajstić information content (AvgIpc) is 2.69. The van der Waals surface area contributed by atoms with Crippen LogP contribution in [0.5, 0.6) is 0 Å². The Kier molecular flexibility index (Phi) is 3.76. The van der Waals surface area contributed by atoms with Crippen LogP contribution in [0.15, 0.2) is 24.4 Å². The first-order valence-electron chi connectivity index (χ1n) is 5.10. The lowest BCUT2D eigenvalue weighted by molar-refractivity contribution is 0.180. The molecule has 1 aromatic heterocycles. The minimum atomic E-state index is -0.725. The highest BCUT2D eigenvalue weighted by molar-refractivity contribution is 7.11. The molecular formula is C12H11ClFNOS. The van der Waals surface area contributed by atoms with Crippen LogP contribution in [0.25, 0.3) is 0 Å². The van der Waals surface area contributed by atoms with E-state index in [1.807, 2.05) is 6.92 Å². The van der Waals surface area contributed by atoms with E-state index < -0.39 is 11.9 Å². The Labute approximate surface area is 108 Å². The third kappa shape index (κ3) is 3.03. The largest absolute Gasteiger partial charge is 0.387 e. The minimum absolute atomic E-state index is 0.227. The summed E-state index contributed by atoms with van der Waals surface area (Å²) in [6.07, 6.45) is 1.13. The van der Waals surface area contributed by atoms with Gasteiger partial charge in [0, 0.05) is 17.6 Å². The number of benzene rings is 1. The molecule has 2 nitrogen and oxygen atoms in total. The van der Waals surface area contributed by atoms with Crippen LogP contribution in [0.1, 0.15) is 21.6 Å². The lowest BCUT2D eigenvalue weighted by Crippen LogP contribution is -2.01. The summed E-state index contributed by atoms with van der Waals surface area (Å²) < 4.78 is 13.5. The molecule has 1 atom stereocenters. The molecule has 2 aromatic rings. The van der Waals surface area contributed by atoms with Gasteiger partial charge in [0.2, 0.25) is 0 Å². The summed E-state index contributed by atoms with van der Waals surface area (Å²) in [5, 5.41) is 11.2. The fourth-order valence-corrected chi connectivity index (χ4v) is 2.46. The van der Waals surface area contributed by atoms with Gasteiger partial charge in [-0.05, 0) is 24.6 Å². The van der Waals surface area contributed by atoms with Gasteiger partial charge in [0.05, 0.1) is 16.0 Å². The van der Waals surface area contributed by atoms with Gasteiger partial charge >= 0.3 is 0 Å². The second kappa shape index (κ2) is 5.12. The molecule has 17 heavy (non-hydrogen) atoms. The predicted octanol–water partition coefficient (Wildman–Crippen LogP) is 3.52. The van der Waals surface area contributed by atoms with E-state index in [0.29, 0.717) is 10.6 Å². The highest BCUT2D eigenvalue weighted by atomic mass is 35.5. The van der Waals surface area contributed by atoms with Crippen molar-refractivity contribution in [1.82, 2.24) is 4.98 Å². The van der Waals surface area contributed by atoms with Crippen molar-refractivity contribution in [2.24, 2.45) is 0 Å². The van der Waals surface area contributed by atoms with E-state index in [-0.39, 0.29) is 6.42 Å². The van der Waals surface area contributed by atoms with E-state index in [4.69, 9.17) is 11.6 Å². The van der Waals surface area contributed by atoms with E-state index >= 15 is 0 Å². The summed E-state index contributed by atoms with van der Waals surface area (Å²) in [5.41, 5.74) is 0.452. The van der Waals surface area contributed by atoms with Gasteiger partial charge in [0.25, 0.3) is 0 Å². The van der Waals surface area contributed by atoms with Crippen molar-refractivity contribution in [2.75, 3.05) is 0 Å². The Hall–Kier alpha value is -0.970. The quantitative estimate of drug-likeness (QED) is 0.927.